The first-order valence-electron chi connectivity index (χ1n) is 7.76. The Morgan fingerprint density at radius 3 is 1.63 bits per heavy atom. The van der Waals surface area contributed by atoms with E-state index in [0.717, 1.165) is 24.3 Å². The summed E-state index contributed by atoms with van der Waals surface area (Å²) in [5, 5.41) is 10.7. The molecule has 27 heavy (non-hydrogen) atoms. The van der Waals surface area contributed by atoms with Crippen LogP contribution in [-0.2, 0) is 22.7 Å². The number of benzene rings is 2. The fraction of sp³-hybridized carbons (Fsp3) is 0.333. The minimum absolute atomic E-state index is 0.0856. The van der Waals surface area contributed by atoms with E-state index in [4.69, 9.17) is 4.74 Å². The first kappa shape index (κ1) is 20.2. The summed E-state index contributed by atoms with van der Waals surface area (Å²) < 4.78 is 81.4. The van der Waals surface area contributed by atoms with Gasteiger partial charge in [0.1, 0.15) is 11.7 Å². The van der Waals surface area contributed by atoms with Crippen LogP contribution in [0.3, 0.4) is 0 Å². The van der Waals surface area contributed by atoms with E-state index in [-0.39, 0.29) is 6.61 Å². The van der Waals surface area contributed by atoms with Gasteiger partial charge < -0.3 is 9.84 Å². The van der Waals surface area contributed by atoms with Crippen LogP contribution in [0.5, 0.6) is 0 Å². The molecular formula is C18H13BrF6O2. The van der Waals surface area contributed by atoms with Crippen molar-refractivity contribution in [3.63, 3.8) is 0 Å². The van der Waals surface area contributed by atoms with Gasteiger partial charge >= 0.3 is 12.4 Å². The molecule has 1 fully saturated rings. The van der Waals surface area contributed by atoms with Gasteiger partial charge in [-0.25, -0.2) is 0 Å². The van der Waals surface area contributed by atoms with Crippen LogP contribution in [0.4, 0.5) is 26.3 Å². The Bertz CT molecular complexity index is 795. The molecule has 9 heteroatoms. The van der Waals surface area contributed by atoms with Crippen molar-refractivity contribution < 1.29 is 36.2 Å². The summed E-state index contributed by atoms with van der Waals surface area (Å²) in [5.74, 6) is 0. The molecule has 3 atom stereocenters. The highest BCUT2D eigenvalue weighted by atomic mass is 79.9. The Balaban J connectivity index is 1.81. The molecule has 0 aromatic heterocycles. The smallest absolute Gasteiger partial charge is 0.388 e. The van der Waals surface area contributed by atoms with E-state index in [2.05, 4.69) is 15.9 Å². The van der Waals surface area contributed by atoms with Crippen molar-refractivity contribution in [3.05, 3.63) is 70.8 Å². The zero-order valence-electron chi connectivity index (χ0n) is 13.5. The maximum atomic E-state index is 12.7. The number of hydrogen-bond donors (Lipinski definition) is 1. The lowest BCUT2D eigenvalue weighted by atomic mass is 9.89. The van der Waals surface area contributed by atoms with Crippen molar-refractivity contribution in [1.29, 1.82) is 0 Å². The second-order valence-electron chi connectivity index (χ2n) is 6.22. The van der Waals surface area contributed by atoms with Gasteiger partial charge in [0, 0.05) is 0 Å². The van der Waals surface area contributed by atoms with E-state index in [1.807, 2.05) is 0 Å². The average molecular weight is 455 g/mol. The van der Waals surface area contributed by atoms with Crippen LogP contribution in [0.25, 0.3) is 0 Å². The van der Waals surface area contributed by atoms with E-state index < -0.39 is 40.0 Å². The predicted octanol–water partition coefficient (Wildman–Crippen LogP) is 5.45. The summed E-state index contributed by atoms with van der Waals surface area (Å²) in [6.07, 6.45) is -10.2. The number of hydrogen-bond acceptors (Lipinski definition) is 2. The van der Waals surface area contributed by atoms with Gasteiger partial charge in [-0.2, -0.15) is 26.3 Å². The van der Waals surface area contributed by atoms with E-state index in [1.54, 1.807) is 0 Å². The lowest BCUT2D eigenvalue weighted by Crippen LogP contribution is -2.31. The second kappa shape index (κ2) is 6.79. The maximum Gasteiger partial charge on any atom is 0.416 e. The lowest BCUT2D eigenvalue weighted by molar-refractivity contribution is -0.138. The van der Waals surface area contributed by atoms with Crippen molar-refractivity contribution in [3.8, 4) is 0 Å². The Labute approximate surface area is 158 Å². The highest BCUT2D eigenvalue weighted by Gasteiger charge is 2.55. The fourth-order valence-electron chi connectivity index (χ4n) is 2.80. The predicted molar refractivity (Wildman–Crippen MR) is 88.2 cm³/mol. The lowest BCUT2D eigenvalue weighted by Gasteiger charge is -2.25. The summed E-state index contributed by atoms with van der Waals surface area (Å²) in [7, 11) is 0. The normalized spacial score (nSPS) is 22.4. The molecule has 3 unspecified atom stereocenters. The average Bonchev–Trinajstić information content (AvgIpc) is 3.41. The van der Waals surface area contributed by atoms with Gasteiger partial charge in [-0.05, 0) is 35.4 Å². The Morgan fingerprint density at radius 2 is 1.26 bits per heavy atom. The second-order valence-corrected chi connectivity index (χ2v) is 7.21. The molecule has 1 aliphatic heterocycles. The number of aliphatic hydroxyl groups excluding tert-OH is 1. The monoisotopic (exact) mass is 454 g/mol. The molecule has 0 saturated carbocycles. The van der Waals surface area contributed by atoms with Gasteiger partial charge in [-0.3, -0.25) is 0 Å². The third-order valence-corrected chi connectivity index (χ3v) is 5.50. The van der Waals surface area contributed by atoms with E-state index in [9.17, 15) is 31.4 Å². The molecule has 1 heterocycles. The number of ether oxygens (including phenoxy) is 1. The van der Waals surface area contributed by atoms with E-state index in [0.29, 0.717) is 11.1 Å². The number of alkyl halides is 7. The minimum Gasteiger partial charge on any atom is -0.388 e. The summed E-state index contributed by atoms with van der Waals surface area (Å²) >= 11 is 3.25. The van der Waals surface area contributed by atoms with Crippen molar-refractivity contribution >= 4 is 15.9 Å². The Kier molecular flexibility index (Phi) is 5.07. The zero-order chi connectivity index (χ0) is 20.0. The Morgan fingerprint density at radius 1 is 0.852 bits per heavy atom. The number of halogens is 7. The third-order valence-electron chi connectivity index (χ3n) is 4.47. The molecule has 1 saturated heterocycles. The van der Waals surface area contributed by atoms with Gasteiger partial charge in [0.2, 0.25) is 0 Å². The van der Waals surface area contributed by atoms with Crippen LogP contribution >= 0.6 is 15.9 Å². The van der Waals surface area contributed by atoms with Crippen LogP contribution in [0.1, 0.15) is 27.1 Å². The number of rotatable bonds is 4. The SMILES string of the molecule is OC(C(Br)c1ccc(C(F)(F)F)cc1)C1(c2ccc(C(F)(F)F)cc2)CO1. The van der Waals surface area contributed by atoms with Crippen molar-refractivity contribution in [2.75, 3.05) is 6.61 Å². The van der Waals surface area contributed by atoms with E-state index >= 15 is 0 Å². The molecule has 0 radical (unpaired) electrons. The first-order chi connectivity index (χ1) is 12.4. The summed E-state index contributed by atoms with van der Waals surface area (Å²) in [6.45, 7) is 0.0856. The summed E-state index contributed by atoms with van der Waals surface area (Å²) in [5.41, 5.74) is -2.10. The molecule has 2 nitrogen and oxygen atoms in total. The van der Waals surface area contributed by atoms with Crippen LogP contribution < -0.4 is 0 Å². The van der Waals surface area contributed by atoms with Crippen LogP contribution in [0, 0.1) is 0 Å². The fourth-order valence-corrected chi connectivity index (χ4v) is 3.53. The van der Waals surface area contributed by atoms with Crippen molar-refractivity contribution in [2.24, 2.45) is 0 Å². The molecule has 2 aromatic rings. The zero-order valence-corrected chi connectivity index (χ0v) is 15.1. The van der Waals surface area contributed by atoms with Gasteiger partial charge in [-0.1, -0.05) is 40.2 Å². The minimum atomic E-state index is -4.48. The first-order valence-corrected chi connectivity index (χ1v) is 8.68. The third kappa shape index (κ3) is 4.00. The molecule has 0 amide bonds. The largest absolute Gasteiger partial charge is 0.416 e. The molecule has 3 rings (SSSR count). The Hall–Kier alpha value is -1.58. The van der Waals surface area contributed by atoms with Crippen molar-refractivity contribution in [1.82, 2.24) is 0 Å². The molecule has 146 valence electrons. The van der Waals surface area contributed by atoms with Gasteiger partial charge in [0.15, 0.2) is 0 Å². The van der Waals surface area contributed by atoms with Gasteiger partial charge in [-0.15, -0.1) is 0 Å². The highest BCUT2D eigenvalue weighted by molar-refractivity contribution is 9.09. The summed E-state index contributed by atoms with van der Waals surface area (Å²) in [6, 6.07) is 8.50. The van der Waals surface area contributed by atoms with Crippen molar-refractivity contribution in [2.45, 2.75) is 28.9 Å². The molecule has 1 N–H and O–H groups in total. The van der Waals surface area contributed by atoms with Gasteiger partial charge in [0.25, 0.3) is 0 Å². The molecule has 1 aliphatic rings. The van der Waals surface area contributed by atoms with Gasteiger partial charge in [0.05, 0.1) is 22.6 Å². The van der Waals surface area contributed by atoms with Crippen LogP contribution in [0.2, 0.25) is 0 Å². The molecule has 0 aliphatic carbocycles. The summed E-state index contributed by atoms with van der Waals surface area (Å²) in [4.78, 5) is -0.774. The molecule has 0 bridgehead atoms. The topological polar surface area (TPSA) is 32.8 Å². The standard InChI is InChI=1S/C18H13BrF6O2/c19-14(10-1-3-12(4-2-10)17(20,21)22)15(26)16(9-27-16)11-5-7-13(8-6-11)18(23,24)25/h1-8,14-15,26H,9H2. The van der Waals surface area contributed by atoms with Crippen LogP contribution in [0.15, 0.2) is 48.5 Å². The highest BCUT2D eigenvalue weighted by Crippen LogP contribution is 2.49. The molecule has 2 aromatic carbocycles. The molecular weight excluding hydrogens is 442 g/mol. The van der Waals surface area contributed by atoms with E-state index in [1.165, 1.54) is 24.3 Å². The number of aliphatic hydroxyl groups is 1. The number of epoxide rings is 1. The van der Waals surface area contributed by atoms with Crippen LogP contribution in [-0.4, -0.2) is 17.8 Å². The molecule has 0 spiro atoms. The maximum absolute atomic E-state index is 12.7. The quantitative estimate of drug-likeness (QED) is 0.378.